The molecule has 0 spiro atoms. The molecular formula is C21H26FNO5S. The molecule has 0 radical (unpaired) electrons. The highest BCUT2D eigenvalue weighted by molar-refractivity contribution is 7.91. The number of methoxy groups -OCH3 is 1. The van der Waals surface area contributed by atoms with Gasteiger partial charge in [-0.25, -0.2) is 12.8 Å². The van der Waals surface area contributed by atoms with Gasteiger partial charge in [0.2, 0.25) is 0 Å². The van der Waals surface area contributed by atoms with E-state index in [1.54, 1.807) is 43.5 Å². The molecule has 1 heterocycles. The lowest BCUT2D eigenvalue weighted by atomic mass is 10.1. The minimum Gasteiger partial charge on any atom is -0.497 e. The Morgan fingerprint density at radius 1 is 1.21 bits per heavy atom. The Hall–Kier alpha value is -2.16. The van der Waals surface area contributed by atoms with Gasteiger partial charge in [-0.15, -0.1) is 0 Å². The second kappa shape index (κ2) is 9.56. The van der Waals surface area contributed by atoms with Crippen molar-refractivity contribution in [2.75, 3.05) is 31.8 Å². The number of aliphatic hydroxyl groups is 1. The van der Waals surface area contributed by atoms with Crippen molar-refractivity contribution in [1.82, 2.24) is 4.90 Å². The molecular weight excluding hydrogens is 397 g/mol. The van der Waals surface area contributed by atoms with Crippen LogP contribution >= 0.6 is 0 Å². The van der Waals surface area contributed by atoms with Gasteiger partial charge in [0.15, 0.2) is 9.84 Å². The number of sulfone groups is 1. The van der Waals surface area contributed by atoms with Gasteiger partial charge in [0.05, 0.1) is 18.6 Å². The predicted octanol–water partition coefficient (Wildman–Crippen LogP) is 2.26. The summed E-state index contributed by atoms with van der Waals surface area (Å²) in [6, 6.07) is 13.0. The van der Waals surface area contributed by atoms with Crippen molar-refractivity contribution in [1.29, 1.82) is 0 Å². The maximum Gasteiger partial charge on any atom is 0.151 e. The first-order valence-corrected chi connectivity index (χ1v) is 11.3. The van der Waals surface area contributed by atoms with Crippen molar-refractivity contribution < 1.29 is 27.4 Å². The van der Waals surface area contributed by atoms with Crippen molar-refractivity contribution in [3.05, 3.63) is 59.9 Å². The average Bonchev–Trinajstić information content (AvgIpc) is 3.06. The highest BCUT2D eigenvalue weighted by atomic mass is 32.2. The molecule has 1 saturated heterocycles. The van der Waals surface area contributed by atoms with Crippen LogP contribution in [-0.4, -0.2) is 62.3 Å². The Bertz CT molecular complexity index is 904. The van der Waals surface area contributed by atoms with E-state index in [0.29, 0.717) is 24.5 Å². The Morgan fingerprint density at radius 2 is 1.93 bits per heavy atom. The molecule has 0 bridgehead atoms. The molecule has 1 fully saturated rings. The number of benzene rings is 2. The molecule has 158 valence electrons. The van der Waals surface area contributed by atoms with Crippen molar-refractivity contribution >= 4 is 9.84 Å². The van der Waals surface area contributed by atoms with E-state index in [1.165, 1.54) is 12.1 Å². The molecule has 1 aliphatic rings. The fourth-order valence-electron chi connectivity index (χ4n) is 3.46. The molecule has 2 atom stereocenters. The van der Waals surface area contributed by atoms with Crippen LogP contribution in [0.1, 0.15) is 12.0 Å². The quantitative estimate of drug-likeness (QED) is 0.667. The van der Waals surface area contributed by atoms with Gasteiger partial charge in [-0.1, -0.05) is 12.1 Å². The molecule has 0 aromatic heterocycles. The topological polar surface area (TPSA) is 76.1 Å². The summed E-state index contributed by atoms with van der Waals surface area (Å²) in [6.45, 7) is 0.649. The van der Waals surface area contributed by atoms with Gasteiger partial charge in [0.25, 0.3) is 0 Å². The number of halogens is 1. The zero-order chi connectivity index (χ0) is 20.9. The van der Waals surface area contributed by atoms with Gasteiger partial charge in [-0.2, -0.15) is 0 Å². The monoisotopic (exact) mass is 423 g/mol. The van der Waals surface area contributed by atoms with Crippen LogP contribution in [0.2, 0.25) is 0 Å². The molecule has 1 N–H and O–H groups in total. The lowest BCUT2D eigenvalue weighted by molar-refractivity contribution is 0.0524. The van der Waals surface area contributed by atoms with Crippen LogP contribution in [0.15, 0.2) is 48.5 Å². The lowest BCUT2D eigenvalue weighted by Gasteiger charge is -2.30. The van der Waals surface area contributed by atoms with Gasteiger partial charge in [-0.3, -0.25) is 4.90 Å². The summed E-state index contributed by atoms with van der Waals surface area (Å²) in [5.74, 6) is 1.15. The SMILES string of the molecule is COc1ccc(OC[C@H](O)CN(Cc2cccc(F)c2)[C@H]2CCS(=O)(=O)C2)cc1. The molecule has 2 aromatic carbocycles. The highest BCUT2D eigenvalue weighted by Crippen LogP contribution is 2.21. The number of hydrogen-bond acceptors (Lipinski definition) is 6. The standard InChI is InChI=1S/C21H26FNO5S/c1-27-20-5-7-21(8-6-20)28-14-19(24)13-23(18-9-10-29(25,26)15-18)12-16-3-2-4-17(22)11-16/h2-8,11,18-19,24H,9-10,12-15H2,1H3/t18-,19+/m0/s1. The second-order valence-corrected chi connectivity index (χ2v) is 9.49. The minimum absolute atomic E-state index is 0.0500. The van der Waals surface area contributed by atoms with Crippen LogP contribution in [-0.2, 0) is 16.4 Å². The third-order valence-electron chi connectivity index (χ3n) is 4.95. The third-order valence-corrected chi connectivity index (χ3v) is 6.70. The van der Waals surface area contributed by atoms with Crippen molar-refractivity contribution in [2.45, 2.75) is 25.1 Å². The van der Waals surface area contributed by atoms with E-state index in [1.807, 2.05) is 4.90 Å². The third kappa shape index (κ3) is 6.42. The molecule has 0 aliphatic carbocycles. The summed E-state index contributed by atoms with van der Waals surface area (Å²) < 4.78 is 48.1. The van der Waals surface area contributed by atoms with E-state index < -0.39 is 15.9 Å². The maximum absolute atomic E-state index is 13.6. The van der Waals surface area contributed by atoms with Crippen LogP contribution in [0.25, 0.3) is 0 Å². The Balaban J connectivity index is 1.63. The summed E-state index contributed by atoms with van der Waals surface area (Å²) in [5.41, 5.74) is 0.734. The zero-order valence-corrected chi connectivity index (χ0v) is 17.1. The molecule has 6 nitrogen and oxygen atoms in total. The molecule has 0 saturated carbocycles. The van der Waals surface area contributed by atoms with E-state index >= 15 is 0 Å². The van der Waals surface area contributed by atoms with Crippen LogP contribution in [0.5, 0.6) is 11.5 Å². The number of aliphatic hydroxyl groups excluding tert-OH is 1. The zero-order valence-electron chi connectivity index (χ0n) is 16.3. The average molecular weight is 424 g/mol. The molecule has 1 aliphatic heterocycles. The lowest BCUT2D eigenvalue weighted by Crippen LogP contribution is -2.42. The number of hydrogen-bond donors (Lipinski definition) is 1. The van der Waals surface area contributed by atoms with Crippen LogP contribution in [0, 0.1) is 5.82 Å². The van der Waals surface area contributed by atoms with E-state index in [4.69, 9.17) is 9.47 Å². The fraction of sp³-hybridized carbons (Fsp3) is 0.429. The normalized spacial score (nSPS) is 19.2. The van der Waals surface area contributed by atoms with Gasteiger partial charge in [0, 0.05) is 19.1 Å². The minimum atomic E-state index is -3.08. The van der Waals surface area contributed by atoms with Crippen LogP contribution in [0.4, 0.5) is 4.39 Å². The number of ether oxygens (including phenoxy) is 2. The highest BCUT2D eigenvalue weighted by Gasteiger charge is 2.33. The van der Waals surface area contributed by atoms with Gasteiger partial charge in [-0.05, 0) is 48.4 Å². The Morgan fingerprint density at radius 3 is 2.55 bits per heavy atom. The number of rotatable bonds is 9. The number of nitrogens with zero attached hydrogens (tertiary/aromatic N) is 1. The molecule has 29 heavy (non-hydrogen) atoms. The Labute approximate surface area is 170 Å². The first-order chi connectivity index (χ1) is 13.8. The van der Waals surface area contributed by atoms with E-state index in [9.17, 15) is 17.9 Å². The summed E-state index contributed by atoms with van der Waals surface area (Å²) in [7, 11) is -1.50. The van der Waals surface area contributed by atoms with Crippen molar-refractivity contribution in [3.8, 4) is 11.5 Å². The van der Waals surface area contributed by atoms with Gasteiger partial charge < -0.3 is 14.6 Å². The molecule has 8 heteroatoms. The summed E-state index contributed by atoms with van der Waals surface area (Å²) in [4.78, 5) is 1.90. The molecule has 2 aromatic rings. The second-order valence-electron chi connectivity index (χ2n) is 7.26. The van der Waals surface area contributed by atoms with Crippen LogP contribution < -0.4 is 9.47 Å². The van der Waals surface area contributed by atoms with E-state index in [0.717, 1.165) is 5.56 Å². The fourth-order valence-corrected chi connectivity index (χ4v) is 5.23. The van der Waals surface area contributed by atoms with Crippen molar-refractivity contribution in [2.24, 2.45) is 0 Å². The predicted molar refractivity (Wildman–Crippen MR) is 108 cm³/mol. The maximum atomic E-state index is 13.6. The molecule has 3 rings (SSSR count). The van der Waals surface area contributed by atoms with Crippen molar-refractivity contribution in [3.63, 3.8) is 0 Å². The van der Waals surface area contributed by atoms with E-state index in [-0.39, 0.29) is 36.5 Å². The Kier molecular flexibility index (Phi) is 7.10. The van der Waals surface area contributed by atoms with Gasteiger partial charge >= 0.3 is 0 Å². The largest absolute Gasteiger partial charge is 0.497 e. The first kappa shape index (κ1) is 21.5. The molecule has 0 unspecified atom stereocenters. The molecule has 0 amide bonds. The summed E-state index contributed by atoms with van der Waals surface area (Å²) in [5, 5.41) is 10.5. The van der Waals surface area contributed by atoms with Gasteiger partial charge in [0.1, 0.15) is 30.0 Å². The van der Waals surface area contributed by atoms with Crippen LogP contribution in [0.3, 0.4) is 0 Å². The summed E-state index contributed by atoms with van der Waals surface area (Å²) in [6.07, 6.45) is -0.321. The smallest absolute Gasteiger partial charge is 0.151 e. The summed E-state index contributed by atoms with van der Waals surface area (Å²) >= 11 is 0. The van der Waals surface area contributed by atoms with E-state index in [2.05, 4.69) is 0 Å². The first-order valence-electron chi connectivity index (χ1n) is 9.48.